The Morgan fingerprint density at radius 3 is 2.78 bits per heavy atom. The van der Waals surface area contributed by atoms with Gasteiger partial charge in [-0.05, 0) is 49.3 Å². The number of aryl methyl sites for hydroxylation is 1. The zero-order valence-electron chi connectivity index (χ0n) is 15.9. The molecule has 5 nitrogen and oxygen atoms in total. The van der Waals surface area contributed by atoms with Crippen LogP contribution in [0, 0.1) is 0 Å². The van der Waals surface area contributed by atoms with Crippen LogP contribution < -0.4 is 4.74 Å². The molecule has 0 N–H and O–H groups in total. The monoisotopic (exact) mass is 360 g/mol. The summed E-state index contributed by atoms with van der Waals surface area (Å²) in [4.78, 5) is 18.4. The lowest BCUT2D eigenvalue weighted by Crippen LogP contribution is -2.10. The maximum Gasteiger partial charge on any atom is 0.214 e. The van der Waals surface area contributed by atoms with E-state index in [9.17, 15) is 0 Å². The molecule has 0 spiro atoms. The van der Waals surface area contributed by atoms with Crippen molar-refractivity contribution in [3.63, 3.8) is 0 Å². The van der Waals surface area contributed by atoms with Gasteiger partial charge in [-0.15, -0.1) is 0 Å². The third-order valence-electron chi connectivity index (χ3n) is 4.89. The highest BCUT2D eigenvalue weighted by Gasteiger charge is 2.19. The summed E-state index contributed by atoms with van der Waals surface area (Å²) in [6.45, 7) is 4.68. The van der Waals surface area contributed by atoms with Crippen LogP contribution in [0.1, 0.15) is 55.3 Å². The third-order valence-corrected chi connectivity index (χ3v) is 4.89. The van der Waals surface area contributed by atoms with Gasteiger partial charge in [-0.25, -0.2) is 9.97 Å². The molecule has 0 saturated heterocycles. The van der Waals surface area contributed by atoms with Gasteiger partial charge < -0.3 is 4.74 Å². The molecule has 3 aromatic rings. The zero-order valence-corrected chi connectivity index (χ0v) is 15.9. The highest BCUT2D eigenvalue weighted by Crippen LogP contribution is 2.33. The number of ether oxygens (including phenoxy) is 1. The summed E-state index contributed by atoms with van der Waals surface area (Å²) >= 11 is 0. The van der Waals surface area contributed by atoms with Crippen LogP contribution >= 0.6 is 0 Å². The standard InChI is InChI=1S/C22H24N4O/c1-15(2)20-12-23-13-21(25-20)18-11-22(26-19-9-4-3-8-17(18)19)27-14-16-7-5-6-10-24-16/h5-7,10-13,15H,3-4,8-9,14H2,1-2H3. The van der Waals surface area contributed by atoms with E-state index in [2.05, 4.69) is 23.8 Å². The molecule has 1 aliphatic carbocycles. The molecule has 138 valence electrons. The quantitative estimate of drug-likeness (QED) is 0.670. The molecule has 27 heavy (non-hydrogen) atoms. The lowest BCUT2D eigenvalue weighted by atomic mass is 9.91. The largest absolute Gasteiger partial charge is 0.471 e. The van der Waals surface area contributed by atoms with Crippen LogP contribution in [0.4, 0.5) is 0 Å². The zero-order chi connectivity index (χ0) is 18.6. The summed E-state index contributed by atoms with van der Waals surface area (Å²) in [5.74, 6) is 0.975. The van der Waals surface area contributed by atoms with E-state index in [-0.39, 0.29) is 0 Å². The maximum absolute atomic E-state index is 5.98. The molecule has 0 bridgehead atoms. The molecular formula is C22H24N4O. The second-order valence-electron chi connectivity index (χ2n) is 7.23. The van der Waals surface area contributed by atoms with E-state index in [0.29, 0.717) is 18.4 Å². The van der Waals surface area contributed by atoms with Gasteiger partial charge in [-0.1, -0.05) is 19.9 Å². The van der Waals surface area contributed by atoms with Crippen molar-refractivity contribution in [2.45, 2.75) is 52.1 Å². The molecule has 3 heterocycles. The lowest BCUT2D eigenvalue weighted by Gasteiger charge is -2.20. The Morgan fingerprint density at radius 2 is 1.96 bits per heavy atom. The first-order chi connectivity index (χ1) is 13.2. The minimum atomic E-state index is 0.343. The van der Waals surface area contributed by atoms with Crippen LogP contribution in [-0.4, -0.2) is 19.9 Å². The number of aromatic nitrogens is 4. The topological polar surface area (TPSA) is 60.8 Å². The Balaban J connectivity index is 1.70. The molecule has 0 aliphatic heterocycles. The number of nitrogens with zero attached hydrogens (tertiary/aromatic N) is 4. The first-order valence-electron chi connectivity index (χ1n) is 9.58. The van der Waals surface area contributed by atoms with E-state index >= 15 is 0 Å². The predicted molar refractivity (Wildman–Crippen MR) is 105 cm³/mol. The lowest BCUT2D eigenvalue weighted by molar-refractivity contribution is 0.288. The summed E-state index contributed by atoms with van der Waals surface area (Å²) < 4.78 is 5.98. The molecule has 0 radical (unpaired) electrons. The van der Waals surface area contributed by atoms with Crippen LogP contribution in [-0.2, 0) is 19.4 Å². The minimum Gasteiger partial charge on any atom is -0.471 e. The van der Waals surface area contributed by atoms with Crippen molar-refractivity contribution < 1.29 is 4.74 Å². The van der Waals surface area contributed by atoms with Crippen LogP contribution in [0.5, 0.6) is 5.88 Å². The Labute approximate surface area is 159 Å². The number of fused-ring (bicyclic) bond motifs is 1. The van der Waals surface area contributed by atoms with Crippen molar-refractivity contribution in [1.82, 2.24) is 19.9 Å². The van der Waals surface area contributed by atoms with E-state index in [1.807, 2.05) is 36.7 Å². The van der Waals surface area contributed by atoms with Crippen molar-refractivity contribution in [1.29, 1.82) is 0 Å². The number of hydrogen-bond acceptors (Lipinski definition) is 5. The van der Waals surface area contributed by atoms with Crippen LogP contribution in [0.3, 0.4) is 0 Å². The smallest absolute Gasteiger partial charge is 0.214 e. The van der Waals surface area contributed by atoms with Gasteiger partial charge in [0.05, 0.1) is 23.3 Å². The third kappa shape index (κ3) is 3.97. The molecular weight excluding hydrogens is 336 g/mol. The summed E-state index contributed by atoms with van der Waals surface area (Å²) in [6, 6.07) is 7.83. The van der Waals surface area contributed by atoms with Crippen molar-refractivity contribution >= 4 is 0 Å². The predicted octanol–water partition coefficient (Wildman–Crippen LogP) is 4.51. The number of rotatable bonds is 5. The second-order valence-corrected chi connectivity index (χ2v) is 7.23. The number of hydrogen-bond donors (Lipinski definition) is 0. The normalized spacial score (nSPS) is 13.4. The molecule has 0 unspecified atom stereocenters. The minimum absolute atomic E-state index is 0.343. The van der Waals surface area contributed by atoms with Gasteiger partial charge in [0.2, 0.25) is 5.88 Å². The van der Waals surface area contributed by atoms with E-state index in [4.69, 9.17) is 14.7 Å². The van der Waals surface area contributed by atoms with Gasteiger partial charge in [0.25, 0.3) is 0 Å². The first kappa shape index (κ1) is 17.6. The Bertz CT molecular complexity index is 925. The van der Waals surface area contributed by atoms with E-state index in [1.54, 1.807) is 6.20 Å². The molecule has 1 aliphatic rings. The highest BCUT2D eigenvalue weighted by molar-refractivity contribution is 5.66. The van der Waals surface area contributed by atoms with Gasteiger partial charge >= 0.3 is 0 Å². The van der Waals surface area contributed by atoms with E-state index < -0.39 is 0 Å². The van der Waals surface area contributed by atoms with Crippen molar-refractivity contribution in [3.8, 4) is 17.1 Å². The van der Waals surface area contributed by atoms with Gasteiger partial charge in [-0.2, -0.15) is 0 Å². The Hall–Kier alpha value is -2.82. The molecule has 3 aromatic heterocycles. The molecule has 5 heteroatoms. The van der Waals surface area contributed by atoms with E-state index in [1.165, 1.54) is 18.4 Å². The molecule has 0 aromatic carbocycles. The van der Waals surface area contributed by atoms with Crippen LogP contribution in [0.15, 0.2) is 42.9 Å². The summed E-state index contributed by atoms with van der Waals surface area (Å²) in [5.41, 5.74) is 6.33. The maximum atomic E-state index is 5.98. The fraction of sp³-hybridized carbons (Fsp3) is 0.364. The van der Waals surface area contributed by atoms with Crippen molar-refractivity contribution in [2.75, 3.05) is 0 Å². The van der Waals surface area contributed by atoms with Gasteiger partial charge in [0, 0.05) is 29.7 Å². The Kier molecular flexibility index (Phi) is 5.10. The average Bonchev–Trinajstić information content (AvgIpc) is 2.72. The highest BCUT2D eigenvalue weighted by atomic mass is 16.5. The average molecular weight is 360 g/mol. The van der Waals surface area contributed by atoms with E-state index in [0.717, 1.165) is 41.2 Å². The van der Waals surface area contributed by atoms with Crippen molar-refractivity contribution in [3.05, 3.63) is 65.5 Å². The summed E-state index contributed by atoms with van der Waals surface area (Å²) in [5, 5.41) is 0. The molecule has 0 atom stereocenters. The van der Waals surface area contributed by atoms with Crippen LogP contribution in [0.2, 0.25) is 0 Å². The van der Waals surface area contributed by atoms with Gasteiger partial charge in [0.1, 0.15) is 6.61 Å². The SMILES string of the molecule is CC(C)c1cncc(-c2cc(OCc3ccccn3)nc3c2CCCC3)n1. The summed E-state index contributed by atoms with van der Waals surface area (Å²) in [6.07, 6.45) is 9.84. The summed E-state index contributed by atoms with van der Waals surface area (Å²) in [7, 11) is 0. The van der Waals surface area contributed by atoms with Gasteiger partial charge in [-0.3, -0.25) is 9.97 Å². The Morgan fingerprint density at radius 1 is 1.07 bits per heavy atom. The van der Waals surface area contributed by atoms with Crippen LogP contribution in [0.25, 0.3) is 11.3 Å². The molecule has 0 fully saturated rings. The molecule has 0 saturated carbocycles. The number of pyridine rings is 2. The molecule has 0 amide bonds. The first-order valence-corrected chi connectivity index (χ1v) is 9.58. The fourth-order valence-corrected chi connectivity index (χ4v) is 3.40. The van der Waals surface area contributed by atoms with Gasteiger partial charge in [0.15, 0.2) is 0 Å². The second kappa shape index (κ2) is 7.82. The molecule has 4 rings (SSSR count). The fourth-order valence-electron chi connectivity index (χ4n) is 3.40. The van der Waals surface area contributed by atoms with Crippen molar-refractivity contribution in [2.24, 2.45) is 0 Å².